The largest absolute Gasteiger partial charge is 0.310 e. The molecule has 0 unspecified atom stereocenters. The van der Waals surface area contributed by atoms with Crippen LogP contribution in [0.25, 0.3) is 159 Å². The lowest BCUT2D eigenvalue weighted by Crippen LogP contribution is -2.18. The Bertz CT molecular complexity index is 9080. The summed E-state index contributed by atoms with van der Waals surface area (Å²) in [7, 11) is 0. The minimum Gasteiger partial charge on any atom is -0.310 e. The summed E-state index contributed by atoms with van der Waals surface area (Å²) in [6.45, 7) is 14.1. The number of fused-ring (bicyclic) bond motifs is 19. The Morgan fingerprint density at radius 2 is 0.500 bits per heavy atom. The smallest absolute Gasteiger partial charge is 0.0542 e. The fourth-order valence-electron chi connectivity index (χ4n) is 23.3. The fraction of sp³-hybridized carbons (Fsp3) is 0.0667. The van der Waals surface area contributed by atoms with E-state index in [0.29, 0.717) is 0 Å². The second kappa shape index (κ2) is 35.2. The highest BCUT2D eigenvalue weighted by Gasteiger charge is 2.40. The van der Waals surface area contributed by atoms with Crippen LogP contribution >= 0.6 is 47.8 Å². The average Bonchev–Trinajstić information content (AvgIpc) is 1.58. The molecule has 142 heavy (non-hydrogen) atoms. The van der Waals surface area contributed by atoms with Crippen molar-refractivity contribution in [3.8, 4) is 72.4 Å². The zero-order chi connectivity index (χ0) is 95.8. The van der Waals surface area contributed by atoms with Crippen molar-refractivity contribution in [3.05, 3.63) is 526 Å². The lowest BCUT2D eigenvalue weighted by atomic mass is 9.82. The molecule has 0 radical (unpaired) electrons. The van der Waals surface area contributed by atoms with E-state index in [1.807, 2.05) is 0 Å². The molecule has 27 rings (SSSR count). The van der Waals surface area contributed by atoms with Crippen LogP contribution in [0.5, 0.6) is 0 Å². The van der Waals surface area contributed by atoms with Gasteiger partial charge in [-0.25, -0.2) is 0 Å². The zero-order valence-corrected chi connectivity index (χ0v) is 84.3. The van der Waals surface area contributed by atoms with Crippen LogP contribution < -0.4 is 14.7 Å². The van der Waals surface area contributed by atoms with Crippen LogP contribution in [0, 0.1) is 0 Å². The summed E-state index contributed by atoms with van der Waals surface area (Å²) in [5, 5.41) is 17.3. The van der Waals surface area contributed by atoms with E-state index in [1.165, 1.54) is 204 Å². The van der Waals surface area contributed by atoms with E-state index in [0.717, 1.165) is 53.2 Å². The van der Waals surface area contributed by atoms with Gasteiger partial charge in [0.1, 0.15) is 0 Å². The van der Waals surface area contributed by atoms with Crippen molar-refractivity contribution in [2.45, 2.75) is 57.8 Å². The minimum absolute atomic E-state index is 0.0817. The fourth-order valence-corrected chi connectivity index (χ4v) is 24.8. The van der Waals surface area contributed by atoms with Gasteiger partial charge in [0.2, 0.25) is 0 Å². The molecule has 0 N–H and O–H groups in total. The lowest BCUT2D eigenvalue weighted by Gasteiger charge is -2.30. The number of aromatic nitrogens is 1. The predicted molar refractivity (Wildman–Crippen MR) is 615 cm³/mol. The molecule has 0 saturated heterocycles. The molecule has 7 heteroatoms. The van der Waals surface area contributed by atoms with Gasteiger partial charge in [0.15, 0.2) is 0 Å². The number of hydrogen-bond acceptors (Lipinski definition) is 3. The van der Waals surface area contributed by atoms with E-state index in [9.17, 15) is 0 Å². The normalized spacial score (nSPS) is 13.1. The summed E-state index contributed by atoms with van der Waals surface area (Å²) in [6, 6.07) is 175. The first kappa shape index (κ1) is 87.7. The van der Waals surface area contributed by atoms with Crippen LogP contribution in [0.15, 0.2) is 493 Å². The first-order valence-electron chi connectivity index (χ1n) is 48.9. The first-order valence-corrected chi connectivity index (χ1v) is 51.3. The van der Waals surface area contributed by atoms with Crippen LogP contribution in [0.3, 0.4) is 0 Å². The number of halogens is 3. The van der Waals surface area contributed by atoms with Crippen LogP contribution in [0.1, 0.15) is 74.9 Å². The van der Waals surface area contributed by atoms with Gasteiger partial charge in [-0.3, -0.25) is 0 Å². The van der Waals surface area contributed by atoms with Crippen molar-refractivity contribution in [3.63, 3.8) is 0 Å². The standard InChI is InChI=1S/C49H35BrN2.C46H36BrN.C40H26BrN/c1-49(2)44-19-8-6-14-39(44)40-28-26-36(31-45(40)49)51(34-24-22-32(23-25-34)37-16-10-18-41-38(37)17-11-20-46(41)50)35-27-29-48-43(30-35)42-15-7-9-21-47(42)52(48)33-12-4-3-5-13-33;1-45(2)40-16-7-5-11-35(40)37-25-23-31(27-42(37)45)48(32-24-26-38-36-12-6-8-17-41(36)46(3,4)43(38)28-32)30-21-19-29(20-22-30)33-13-9-15-39-34(33)14-10-18-44(39)47;41-39-17-8-15-37-33(14-7-16-38(37)39)29-21-23-34-28(25-29)19-20-30-26-32(22-24-35(30)34)42(31-11-2-1-3-12-31)40-18-6-10-27-9-4-5-13-36(27)40/h3-31H,1-2H3;5-28H,1-4H3;1-26H. The molecule has 1 heterocycles. The van der Waals surface area contributed by atoms with Crippen molar-refractivity contribution < 1.29 is 0 Å². The van der Waals surface area contributed by atoms with Gasteiger partial charge in [0.05, 0.1) is 16.7 Å². The highest BCUT2D eigenvalue weighted by Crippen LogP contribution is 2.57. The molecule has 0 saturated carbocycles. The second-order valence-electron chi connectivity index (χ2n) is 39.4. The van der Waals surface area contributed by atoms with Gasteiger partial charge >= 0.3 is 0 Å². The summed E-state index contributed by atoms with van der Waals surface area (Å²) in [5.74, 6) is 0. The highest BCUT2D eigenvalue weighted by atomic mass is 79.9. The van der Waals surface area contributed by atoms with Crippen LogP contribution in [0.4, 0.5) is 51.2 Å². The van der Waals surface area contributed by atoms with Gasteiger partial charge in [0.25, 0.3) is 0 Å². The molecule has 24 aromatic rings. The minimum atomic E-state index is -0.104. The second-order valence-corrected chi connectivity index (χ2v) is 41.9. The maximum Gasteiger partial charge on any atom is 0.0542 e. The maximum atomic E-state index is 3.76. The van der Waals surface area contributed by atoms with E-state index < -0.39 is 0 Å². The van der Waals surface area contributed by atoms with Crippen LogP contribution in [-0.4, -0.2) is 4.57 Å². The number of nitrogens with zero attached hydrogens (tertiary/aromatic N) is 4. The van der Waals surface area contributed by atoms with Crippen molar-refractivity contribution in [1.82, 2.24) is 4.57 Å². The van der Waals surface area contributed by atoms with Gasteiger partial charge in [0, 0.05) is 97.0 Å². The van der Waals surface area contributed by atoms with Crippen LogP contribution in [0.2, 0.25) is 0 Å². The maximum absolute atomic E-state index is 3.76. The van der Waals surface area contributed by atoms with Gasteiger partial charge in [-0.05, 0) is 311 Å². The third-order valence-electron chi connectivity index (χ3n) is 30.3. The molecule has 1 aromatic heterocycles. The SMILES string of the molecule is Brc1cccc2c(-c3ccc4c(ccc5cc(N(c6ccccc6)c6cccc7ccccc67)ccc54)c3)cccc12.CC1(C)c2ccccc2-c2ccc(N(c3ccc(-c4cccc5c(Br)cccc45)cc3)c3ccc4c(c3)C(C)(C)c3ccccc3-4)cc21.CC1(C)c2ccccc2-c2ccc(N(c3ccc(-c4cccc5c(Br)cccc45)cc3)c3ccc4c(c3)c3ccccc3n4-c3ccccc3)cc21. The molecule has 3 aliphatic carbocycles. The van der Waals surface area contributed by atoms with Crippen LogP contribution in [-0.2, 0) is 16.2 Å². The number of benzene rings is 23. The first-order chi connectivity index (χ1) is 69.4. The number of para-hydroxylation sites is 3. The molecule has 0 amide bonds. The van der Waals surface area contributed by atoms with Gasteiger partial charge in [-0.1, -0.05) is 417 Å². The Morgan fingerprint density at radius 1 is 0.176 bits per heavy atom. The molecule has 0 atom stereocenters. The number of rotatable bonds is 13. The van der Waals surface area contributed by atoms with Crippen molar-refractivity contribution in [2.24, 2.45) is 0 Å². The molecule has 3 aliphatic rings. The molecular formula is C135H97Br3N4. The molecule has 0 fully saturated rings. The highest BCUT2D eigenvalue weighted by molar-refractivity contribution is 9.11. The van der Waals surface area contributed by atoms with Gasteiger partial charge in [-0.2, -0.15) is 0 Å². The molecular weight excluding hydrogens is 1920 g/mol. The number of hydrogen-bond donors (Lipinski definition) is 0. The van der Waals surface area contributed by atoms with E-state index in [2.05, 4.69) is 588 Å². The Labute approximate surface area is 853 Å². The molecule has 4 nitrogen and oxygen atoms in total. The molecule has 23 aromatic carbocycles. The summed E-state index contributed by atoms with van der Waals surface area (Å²) in [5.41, 5.74) is 37.3. The number of anilines is 9. The third-order valence-corrected chi connectivity index (χ3v) is 32.4. The summed E-state index contributed by atoms with van der Waals surface area (Å²) in [4.78, 5) is 7.24. The zero-order valence-electron chi connectivity index (χ0n) is 79.5. The van der Waals surface area contributed by atoms with E-state index >= 15 is 0 Å². The van der Waals surface area contributed by atoms with Crippen molar-refractivity contribution in [1.29, 1.82) is 0 Å². The Hall–Kier alpha value is -15.7. The Kier molecular flexibility index (Phi) is 21.8. The Balaban J connectivity index is 0.000000113. The van der Waals surface area contributed by atoms with E-state index in [4.69, 9.17) is 0 Å². The average molecular weight is 2020 g/mol. The monoisotopic (exact) mass is 2010 g/mol. The third kappa shape index (κ3) is 14.9. The molecule has 0 spiro atoms. The van der Waals surface area contributed by atoms with Crippen molar-refractivity contribution in [2.75, 3.05) is 14.7 Å². The van der Waals surface area contributed by atoms with Gasteiger partial charge in [-0.15, -0.1) is 0 Å². The Morgan fingerprint density at radius 3 is 1.00 bits per heavy atom. The summed E-state index contributed by atoms with van der Waals surface area (Å²) >= 11 is 11.2. The molecule has 678 valence electrons. The lowest BCUT2D eigenvalue weighted by molar-refractivity contribution is 0.660. The summed E-state index contributed by atoms with van der Waals surface area (Å²) < 4.78 is 5.73. The van der Waals surface area contributed by atoms with E-state index in [1.54, 1.807) is 0 Å². The van der Waals surface area contributed by atoms with Crippen molar-refractivity contribution >= 4 is 185 Å². The van der Waals surface area contributed by atoms with E-state index in [-0.39, 0.29) is 16.2 Å². The van der Waals surface area contributed by atoms with Gasteiger partial charge < -0.3 is 19.3 Å². The summed E-state index contributed by atoms with van der Waals surface area (Å²) in [6.07, 6.45) is 0. The predicted octanol–water partition coefficient (Wildman–Crippen LogP) is 39.7. The topological polar surface area (TPSA) is 14.7 Å². The molecule has 0 bridgehead atoms. The molecule has 0 aliphatic heterocycles. The quantitative estimate of drug-likeness (QED) is 0.107.